The predicted octanol–water partition coefficient (Wildman–Crippen LogP) is 0.396. The van der Waals surface area contributed by atoms with Crippen LogP contribution in [0.2, 0.25) is 0 Å². The van der Waals surface area contributed by atoms with Crippen LogP contribution in [0.15, 0.2) is 24.5 Å². The standard InChI is InChI=1S/C8H10N2O.H2/c9-8(6-11)4-7-2-1-3-10-5-7;/h1-3,5-6,8H,4,9H2;1H/t8-;/m0./s1. The number of nitrogens with zero attached hydrogens (tertiary/aromatic N) is 1. The molecule has 1 heterocycles. The highest BCUT2D eigenvalue weighted by molar-refractivity contribution is 5.57. The normalized spacial score (nSPS) is 12.5. The van der Waals surface area contributed by atoms with Crippen LogP contribution in [-0.2, 0) is 11.2 Å². The van der Waals surface area contributed by atoms with Crippen molar-refractivity contribution in [2.24, 2.45) is 5.73 Å². The molecule has 0 aliphatic heterocycles. The minimum atomic E-state index is -0.404. The van der Waals surface area contributed by atoms with Crippen LogP contribution in [-0.4, -0.2) is 17.3 Å². The fourth-order valence-electron chi connectivity index (χ4n) is 0.839. The van der Waals surface area contributed by atoms with Crippen molar-refractivity contribution in [1.29, 1.82) is 0 Å². The van der Waals surface area contributed by atoms with Gasteiger partial charge in [0.25, 0.3) is 0 Å². The summed E-state index contributed by atoms with van der Waals surface area (Å²) < 4.78 is 0. The molecule has 1 atom stereocenters. The van der Waals surface area contributed by atoms with Crippen molar-refractivity contribution in [2.75, 3.05) is 0 Å². The van der Waals surface area contributed by atoms with Crippen LogP contribution in [0.25, 0.3) is 0 Å². The largest absolute Gasteiger partial charge is 0.321 e. The second-order valence-corrected chi connectivity index (χ2v) is 2.37. The van der Waals surface area contributed by atoms with Gasteiger partial charge in [-0.2, -0.15) is 0 Å². The van der Waals surface area contributed by atoms with Crippen LogP contribution in [0.4, 0.5) is 0 Å². The number of rotatable bonds is 3. The molecule has 0 radical (unpaired) electrons. The maximum atomic E-state index is 10.2. The SMILES string of the molecule is N[C@H](C=O)Cc1cccnc1.[HH]. The first-order chi connectivity index (χ1) is 5.33. The molecular formula is C8H12N2O. The zero-order chi connectivity index (χ0) is 8.10. The molecule has 0 saturated carbocycles. The van der Waals surface area contributed by atoms with Crippen molar-refractivity contribution in [1.82, 2.24) is 4.98 Å². The van der Waals surface area contributed by atoms with E-state index in [4.69, 9.17) is 5.73 Å². The van der Waals surface area contributed by atoms with Crippen LogP contribution in [0, 0.1) is 0 Å². The van der Waals surface area contributed by atoms with Crippen molar-refractivity contribution in [2.45, 2.75) is 12.5 Å². The summed E-state index contributed by atoms with van der Waals surface area (Å²) >= 11 is 0. The number of pyridine rings is 1. The van der Waals surface area contributed by atoms with Crippen LogP contribution in [0.5, 0.6) is 0 Å². The van der Waals surface area contributed by atoms with E-state index in [2.05, 4.69) is 4.98 Å². The molecule has 60 valence electrons. The number of hydrogen-bond acceptors (Lipinski definition) is 3. The van der Waals surface area contributed by atoms with Crippen molar-refractivity contribution in [3.05, 3.63) is 30.1 Å². The molecule has 0 aliphatic rings. The second kappa shape index (κ2) is 3.83. The summed E-state index contributed by atoms with van der Waals surface area (Å²) in [5.41, 5.74) is 6.40. The summed E-state index contributed by atoms with van der Waals surface area (Å²) in [6, 6.07) is 3.32. The van der Waals surface area contributed by atoms with Gasteiger partial charge in [0.05, 0.1) is 6.04 Å². The quantitative estimate of drug-likeness (QED) is 0.638. The zero-order valence-corrected chi connectivity index (χ0v) is 6.10. The number of aldehydes is 1. The van der Waals surface area contributed by atoms with Gasteiger partial charge in [-0.25, -0.2) is 0 Å². The fourth-order valence-corrected chi connectivity index (χ4v) is 0.839. The Morgan fingerprint density at radius 3 is 3.18 bits per heavy atom. The summed E-state index contributed by atoms with van der Waals surface area (Å²) in [4.78, 5) is 14.1. The molecule has 3 nitrogen and oxygen atoms in total. The highest BCUT2D eigenvalue weighted by Crippen LogP contribution is 1.97. The zero-order valence-electron chi connectivity index (χ0n) is 6.10. The lowest BCUT2D eigenvalue weighted by molar-refractivity contribution is -0.108. The Labute approximate surface area is 66.7 Å². The van der Waals surface area contributed by atoms with Crippen molar-refractivity contribution >= 4 is 6.29 Å². The maximum Gasteiger partial charge on any atom is 0.137 e. The summed E-state index contributed by atoms with van der Waals surface area (Å²) in [7, 11) is 0. The minimum Gasteiger partial charge on any atom is -0.321 e. The molecule has 0 bridgehead atoms. The van der Waals surface area contributed by atoms with E-state index in [1.807, 2.05) is 12.1 Å². The molecule has 2 N–H and O–H groups in total. The first kappa shape index (κ1) is 7.88. The average Bonchev–Trinajstić information content (AvgIpc) is 2.06. The molecule has 1 aromatic rings. The van der Waals surface area contributed by atoms with E-state index in [1.54, 1.807) is 12.4 Å². The van der Waals surface area contributed by atoms with Crippen molar-refractivity contribution in [3.8, 4) is 0 Å². The van der Waals surface area contributed by atoms with Gasteiger partial charge >= 0.3 is 0 Å². The molecule has 1 aromatic heterocycles. The van der Waals surface area contributed by atoms with E-state index >= 15 is 0 Å². The number of aromatic nitrogens is 1. The van der Waals surface area contributed by atoms with E-state index < -0.39 is 6.04 Å². The van der Waals surface area contributed by atoms with Gasteiger partial charge in [0.1, 0.15) is 6.29 Å². The van der Waals surface area contributed by atoms with E-state index in [0.29, 0.717) is 6.42 Å². The highest BCUT2D eigenvalue weighted by atomic mass is 16.1. The lowest BCUT2D eigenvalue weighted by Crippen LogP contribution is -2.24. The predicted molar refractivity (Wildman–Crippen MR) is 44.1 cm³/mol. The second-order valence-electron chi connectivity index (χ2n) is 2.37. The van der Waals surface area contributed by atoms with Crippen LogP contribution < -0.4 is 5.73 Å². The number of carbonyl (C=O) groups is 1. The Balaban J connectivity index is 0.00000121. The third kappa shape index (κ3) is 2.47. The molecule has 0 unspecified atom stereocenters. The first-order valence-electron chi connectivity index (χ1n) is 3.42. The molecule has 1 rings (SSSR count). The van der Waals surface area contributed by atoms with Crippen molar-refractivity contribution in [3.63, 3.8) is 0 Å². The van der Waals surface area contributed by atoms with Crippen LogP contribution in [0.3, 0.4) is 0 Å². The highest BCUT2D eigenvalue weighted by Gasteiger charge is 2.00. The molecule has 0 saturated heterocycles. The summed E-state index contributed by atoms with van der Waals surface area (Å²) in [5.74, 6) is 0. The van der Waals surface area contributed by atoms with E-state index in [0.717, 1.165) is 11.8 Å². The first-order valence-corrected chi connectivity index (χ1v) is 3.42. The van der Waals surface area contributed by atoms with Gasteiger partial charge in [-0.05, 0) is 18.1 Å². The Kier molecular flexibility index (Phi) is 2.74. The van der Waals surface area contributed by atoms with Gasteiger partial charge in [-0.15, -0.1) is 0 Å². The molecule has 11 heavy (non-hydrogen) atoms. The summed E-state index contributed by atoms with van der Waals surface area (Å²) in [6.07, 6.45) is 4.71. The van der Waals surface area contributed by atoms with Gasteiger partial charge in [-0.3, -0.25) is 4.98 Å². The number of hydrogen-bond donors (Lipinski definition) is 1. The molecule has 0 spiro atoms. The minimum absolute atomic E-state index is 0. The fraction of sp³-hybridized carbons (Fsp3) is 0.250. The molecule has 0 fully saturated rings. The molecule has 0 aliphatic carbocycles. The Morgan fingerprint density at radius 2 is 2.64 bits per heavy atom. The molecular weight excluding hydrogens is 140 g/mol. The van der Waals surface area contributed by atoms with E-state index in [9.17, 15) is 4.79 Å². The summed E-state index contributed by atoms with van der Waals surface area (Å²) in [5, 5.41) is 0. The average molecular weight is 152 g/mol. The van der Waals surface area contributed by atoms with Crippen molar-refractivity contribution < 1.29 is 6.22 Å². The third-order valence-electron chi connectivity index (χ3n) is 1.37. The van der Waals surface area contributed by atoms with E-state index in [1.165, 1.54) is 0 Å². The maximum absolute atomic E-state index is 10.2. The van der Waals surface area contributed by atoms with Gasteiger partial charge < -0.3 is 10.5 Å². The Bertz CT molecular complexity index is 228. The van der Waals surface area contributed by atoms with Gasteiger partial charge in [0, 0.05) is 13.8 Å². The lowest BCUT2D eigenvalue weighted by atomic mass is 10.1. The summed E-state index contributed by atoms with van der Waals surface area (Å²) in [6.45, 7) is 0. The van der Waals surface area contributed by atoms with Gasteiger partial charge in [-0.1, -0.05) is 6.07 Å². The Morgan fingerprint density at radius 1 is 1.82 bits per heavy atom. The van der Waals surface area contributed by atoms with Crippen LogP contribution >= 0.6 is 0 Å². The smallest absolute Gasteiger partial charge is 0.137 e. The topological polar surface area (TPSA) is 56.0 Å². The monoisotopic (exact) mass is 152 g/mol. The third-order valence-corrected chi connectivity index (χ3v) is 1.37. The van der Waals surface area contributed by atoms with Gasteiger partial charge in [0.2, 0.25) is 0 Å². The molecule has 3 heteroatoms. The molecule has 0 aromatic carbocycles. The Hall–Kier alpha value is -1.22. The number of nitrogens with two attached hydrogens (primary N) is 1. The lowest BCUT2D eigenvalue weighted by Gasteiger charge is -2.01. The number of carbonyl (C=O) groups excluding carboxylic acids is 1. The molecule has 0 amide bonds. The van der Waals surface area contributed by atoms with Crippen LogP contribution in [0.1, 0.15) is 6.99 Å². The van der Waals surface area contributed by atoms with E-state index in [-0.39, 0.29) is 1.43 Å². The van der Waals surface area contributed by atoms with Gasteiger partial charge in [0.15, 0.2) is 0 Å².